The second kappa shape index (κ2) is 7.00. The van der Waals surface area contributed by atoms with Crippen LogP contribution in [0.2, 0.25) is 0 Å². The van der Waals surface area contributed by atoms with Gasteiger partial charge >= 0.3 is 0 Å². The van der Waals surface area contributed by atoms with Crippen LogP contribution in [0.3, 0.4) is 0 Å². The summed E-state index contributed by atoms with van der Waals surface area (Å²) in [6, 6.07) is 17.3. The number of hydrogen-bond donors (Lipinski definition) is 2. The van der Waals surface area contributed by atoms with Gasteiger partial charge in [0.25, 0.3) is 0 Å². The lowest BCUT2D eigenvalue weighted by molar-refractivity contribution is 0.379. The average molecular weight is 374 g/mol. The fraction of sp³-hybridized carbons (Fsp3) is 0.143. The van der Waals surface area contributed by atoms with Crippen LogP contribution in [0, 0.1) is 11.3 Å². The smallest absolute Gasteiger partial charge is 0.244 e. The van der Waals surface area contributed by atoms with Crippen LogP contribution in [0.5, 0.6) is 17.4 Å². The summed E-state index contributed by atoms with van der Waals surface area (Å²) < 4.78 is 16.1. The molecule has 1 aliphatic heterocycles. The molecule has 2 heterocycles. The Morgan fingerprint density at radius 3 is 2.21 bits per heavy atom. The van der Waals surface area contributed by atoms with Gasteiger partial charge in [0.2, 0.25) is 11.8 Å². The van der Waals surface area contributed by atoms with E-state index in [2.05, 4.69) is 16.3 Å². The van der Waals surface area contributed by atoms with Gasteiger partial charge in [0.1, 0.15) is 23.1 Å². The molecule has 2 aromatic carbocycles. The molecule has 1 aliphatic rings. The normalized spacial score (nSPS) is 15.4. The van der Waals surface area contributed by atoms with Crippen LogP contribution in [-0.2, 0) is 0 Å². The van der Waals surface area contributed by atoms with Crippen molar-refractivity contribution in [1.82, 2.24) is 10.2 Å². The fourth-order valence-electron chi connectivity index (χ4n) is 3.35. The van der Waals surface area contributed by atoms with E-state index in [0.29, 0.717) is 11.5 Å². The number of rotatable bonds is 4. The highest BCUT2D eigenvalue weighted by Gasteiger charge is 2.35. The summed E-state index contributed by atoms with van der Waals surface area (Å²) in [5, 5.41) is 17.0. The number of methoxy groups -OCH3 is 2. The van der Waals surface area contributed by atoms with Gasteiger partial charge < -0.3 is 19.9 Å². The fourth-order valence-corrected chi connectivity index (χ4v) is 3.35. The molecule has 0 aliphatic carbocycles. The molecule has 0 bridgehead atoms. The van der Waals surface area contributed by atoms with Crippen molar-refractivity contribution in [3.05, 3.63) is 71.1 Å². The van der Waals surface area contributed by atoms with Gasteiger partial charge in [0, 0.05) is 5.56 Å². The van der Waals surface area contributed by atoms with E-state index in [1.165, 1.54) is 0 Å². The van der Waals surface area contributed by atoms with Crippen LogP contribution in [0.25, 0.3) is 11.3 Å². The minimum atomic E-state index is -0.407. The van der Waals surface area contributed by atoms with Gasteiger partial charge in [-0.15, -0.1) is 5.10 Å². The summed E-state index contributed by atoms with van der Waals surface area (Å²) in [5.74, 6) is 1.50. The molecule has 0 spiro atoms. The molecule has 0 fully saturated rings. The van der Waals surface area contributed by atoms with Crippen LogP contribution < -0.4 is 19.9 Å². The first kappa shape index (κ1) is 17.5. The lowest BCUT2D eigenvalue weighted by Gasteiger charge is -2.24. The summed E-state index contributed by atoms with van der Waals surface area (Å²) in [7, 11) is 3.23. The molecule has 4 rings (SSSR count). The summed E-state index contributed by atoms with van der Waals surface area (Å²) >= 11 is 0. The van der Waals surface area contributed by atoms with Crippen molar-refractivity contribution in [2.75, 3.05) is 14.2 Å². The number of nitrogens with zero attached hydrogens (tertiary/aromatic N) is 2. The number of aromatic nitrogens is 2. The molecule has 140 valence electrons. The zero-order chi connectivity index (χ0) is 19.7. The van der Waals surface area contributed by atoms with Gasteiger partial charge in [0.05, 0.1) is 31.4 Å². The number of hydrogen-bond acceptors (Lipinski definition) is 6. The van der Waals surface area contributed by atoms with Crippen molar-refractivity contribution in [3.63, 3.8) is 0 Å². The zero-order valence-electron chi connectivity index (χ0n) is 15.4. The Bertz CT molecular complexity index is 1080. The molecule has 0 saturated heterocycles. The van der Waals surface area contributed by atoms with Crippen molar-refractivity contribution >= 4 is 0 Å². The van der Waals surface area contributed by atoms with E-state index < -0.39 is 5.92 Å². The van der Waals surface area contributed by atoms with E-state index in [4.69, 9.17) is 19.9 Å². The van der Waals surface area contributed by atoms with Crippen LogP contribution in [0.4, 0.5) is 0 Å². The first-order chi connectivity index (χ1) is 13.7. The molecule has 0 radical (unpaired) electrons. The molecule has 1 atom stereocenters. The van der Waals surface area contributed by atoms with Crippen LogP contribution in [0.1, 0.15) is 17.0 Å². The minimum absolute atomic E-state index is 0.0589. The van der Waals surface area contributed by atoms with Crippen molar-refractivity contribution < 1.29 is 14.2 Å². The number of fused-ring (bicyclic) bond motifs is 1. The van der Waals surface area contributed by atoms with Crippen molar-refractivity contribution in [2.45, 2.75) is 5.92 Å². The summed E-state index contributed by atoms with van der Waals surface area (Å²) in [5.41, 5.74) is 9.67. The van der Waals surface area contributed by atoms with E-state index in [1.54, 1.807) is 14.2 Å². The molecular weight excluding hydrogens is 356 g/mol. The number of benzene rings is 2. The molecule has 0 saturated carbocycles. The number of nitrogens with one attached hydrogen (secondary N) is 1. The van der Waals surface area contributed by atoms with Gasteiger partial charge in [-0.1, -0.05) is 12.1 Å². The summed E-state index contributed by atoms with van der Waals surface area (Å²) in [6.07, 6.45) is 0. The van der Waals surface area contributed by atoms with E-state index >= 15 is 0 Å². The Hall–Kier alpha value is -3.92. The molecule has 0 amide bonds. The molecule has 1 aromatic heterocycles. The second-order valence-electron chi connectivity index (χ2n) is 6.24. The molecule has 3 aromatic rings. The third-order valence-corrected chi connectivity index (χ3v) is 4.77. The predicted molar refractivity (Wildman–Crippen MR) is 103 cm³/mol. The minimum Gasteiger partial charge on any atom is -0.497 e. The van der Waals surface area contributed by atoms with Crippen molar-refractivity contribution in [1.29, 1.82) is 5.26 Å². The maximum atomic E-state index is 9.75. The average Bonchev–Trinajstić information content (AvgIpc) is 3.16. The quantitative estimate of drug-likeness (QED) is 0.726. The van der Waals surface area contributed by atoms with Gasteiger partial charge in [0.15, 0.2) is 0 Å². The van der Waals surface area contributed by atoms with Crippen molar-refractivity contribution in [3.8, 4) is 34.7 Å². The largest absolute Gasteiger partial charge is 0.497 e. The van der Waals surface area contributed by atoms with Crippen molar-refractivity contribution in [2.24, 2.45) is 5.73 Å². The molecule has 0 unspecified atom stereocenters. The highest BCUT2D eigenvalue weighted by molar-refractivity contribution is 5.71. The predicted octanol–water partition coefficient (Wildman–Crippen LogP) is 3.31. The third-order valence-electron chi connectivity index (χ3n) is 4.77. The van der Waals surface area contributed by atoms with Gasteiger partial charge in [-0.3, -0.25) is 5.10 Å². The molecule has 3 N–H and O–H groups in total. The second-order valence-corrected chi connectivity index (χ2v) is 6.24. The monoisotopic (exact) mass is 374 g/mol. The van der Waals surface area contributed by atoms with Crippen LogP contribution in [0.15, 0.2) is 60.0 Å². The van der Waals surface area contributed by atoms with Gasteiger partial charge in [-0.25, -0.2) is 0 Å². The van der Waals surface area contributed by atoms with Crippen LogP contribution in [-0.4, -0.2) is 24.4 Å². The van der Waals surface area contributed by atoms with E-state index in [-0.39, 0.29) is 5.88 Å². The topological polar surface area (TPSA) is 106 Å². The third kappa shape index (κ3) is 2.81. The summed E-state index contributed by atoms with van der Waals surface area (Å²) in [6.45, 7) is 0. The first-order valence-corrected chi connectivity index (χ1v) is 8.60. The summed E-state index contributed by atoms with van der Waals surface area (Å²) in [4.78, 5) is 0. The number of H-pyrrole nitrogens is 1. The van der Waals surface area contributed by atoms with Gasteiger partial charge in [-0.05, 0) is 42.0 Å². The highest BCUT2D eigenvalue weighted by atomic mass is 16.5. The first-order valence-electron chi connectivity index (χ1n) is 8.60. The van der Waals surface area contributed by atoms with Crippen LogP contribution >= 0.6 is 0 Å². The standard InChI is InChI=1S/C21H18N4O3/c1-26-14-7-3-12(4-8-14)17-16(11-22)20(23)28-21-18(17)19(24-25-21)13-5-9-15(27-2)10-6-13/h3-10,17H,23H2,1-2H3,(H,24,25)/t17-/m1/s1. The maximum Gasteiger partial charge on any atom is 0.244 e. The number of nitrogens with two attached hydrogens (primary N) is 1. The lowest BCUT2D eigenvalue weighted by Crippen LogP contribution is -2.20. The Labute approximate surface area is 162 Å². The molecule has 7 heteroatoms. The Morgan fingerprint density at radius 2 is 1.64 bits per heavy atom. The lowest BCUT2D eigenvalue weighted by atomic mass is 9.83. The molecule has 7 nitrogen and oxygen atoms in total. The maximum absolute atomic E-state index is 9.75. The number of nitriles is 1. The Kier molecular flexibility index (Phi) is 4.38. The molecule has 28 heavy (non-hydrogen) atoms. The Morgan fingerprint density at radius 1 is 1.04 bits per heavy atom. The van der Waals surface area contributed by atoms with E-state index in [9.17, 15) is 5.26 Å². The van der Waals surface area contributed by atoms with E-state index in [1.807, 2.05) is 48.5 Å². The Balaban J connectivity index is 1.88. The van der Waals surface area contributed by atoms with Gasteiger partial charge in [-0.2, -0.15) is 5.26 Å². The number of ether oxygens (including phenoxy) is 3. The highest BCUT2D eigenvalue weighted by Crippen LogP contribution is 2.45. The SMILES string of the molecule is COc1ccc(-c2[nH]nc3c2[C@H](c2ccc(OC)cc2)C(C#N)=C(N)O3)cc1. The van der Waals surface area contributed by atoms with E-state index in [0.717, 1.165) is 33.9 Å². The molecular formula is C21H18N4O3. The number of allylic oxidation sites excluding steroid dienone is 1. The number of aromatic amines is 1. The zero-order valence-corrected chi connectivity index (χ0v) is 15.4.